The Bertz CT molecular complexity index is 970. The van der Waals surface area contributed by atoms with Gasteiger partial charge in [-0.25, -0.2) is 0 Å². The summed E-state index contributed by atoms with van der Waals surface area (Å²) in [6.45, 7) is 0. The number of amides is 2. The van der Waals surface area contributed by atoms with Crippen LogP contribution in [0.1, 0.15) is 15.9 Å². The predicted molar refractivity (Wildman–Crippen MR) is 112 cm³/mol. The zero-order valence-electron chi connectivity index (χ0n) is 13.2. The molecule has 0 radical (unpaired) electrons. The number of nitrogens with one attached hydrogen (secondary N) is 1. The summed E-state index contributed by atoms with van der Waals surface area (Å²) in [7, 11) is 0. The molecule has 0 saturated carbocycles. The average molecular weight is 460 g/mol. The Balaban J connectivity index is 1.80. The Morgan fingerprint density at radius 1 is 1.15 bits per heavy atom. The van der Waals surface area contributed by atoms with Crippen molar-refractivity contribution in [3.8, 4) is 5.75 Å². The topological polar surface area (TPSA) is 69.6 Å². The van der Waals surface area contributed by atoms with Crippen molar-refractivity contribution in [3.05, 3.63) is 67.5 Å². The van der Waals surface area contributed by atoms with Crippen molar-refractivity contribution in [1.29, 1.82) is 0 Å². The van der Waals surface area contributed by atoms with E-state index in [0.29, 0.717) is 16.1 Å². The number of nitrogens with zero attached hydrogens (tertiary/aromatic N) is 1. The van der Waals surface area contributed by atoms with Crippen molar-refractivity contribution >= 4 is 81.0 Å². The lowest BCUT2D eigenvalue weighted by Crippen LogP contribution is -2.44. The van der Waals surface area contributed by atoms with Gasteiger partial charge in [-0.2, -0.15) is 5.01 Å². The second-order valence-corrected chi connectivity index (χ2v) is 8.22. The Morgan fingerprint density at radius 3 is 2.33 bits per heavy atom. The quantitative estimate of drug-likeness (QED) is 0.505. The molecule has 1 aliphatic heterocycles. The molecule has 3 rings (SSSR count). The molecule has 0 atom stereocenters. The fourth-order valence-electron chi connectivity index (χ4n) is 2.15. The van der Waals surface area contributed by atoms with Crippen LogP contribution in [0.15, 0.2) is 41.3 Å². The fraction of sp³-hybridized carbons (Fsp3) is 0. The number of hydrogen-bond donors (Lipinski definition) is 2. The van der Waals surface area contributed by atoms with Gasteiger partial charge < -0.3 is 5.11 Å². The normalized spacial score (nSPS) is 15.5. The van der Waals surface area contributed by atoms with E-state index in [1.54, 1.807) is 12.1 Å². The Morgan fingerprint density at radius 2 is 1.74 bits per heavy atom. The highest BCUT2D eigenvalue weighted by Crippen LogP contribution is 2.36. The maximum atomic E-state index is 12.6. The molecule has 2 aromatic rings. The van der Waals surface area contributed by atoms with Gasteiger partial charge in [0.05, 0.1) is 15.0 Å². The predicted octanol–water partition coefficient (Wildman–Crippen LogP) is 4.90. The summed E-state index contributed by atoms with van der Waals surface area (Å²) in [5.74, 6) is -1.23. The maximum absolute atomic E-state index is 12.6. The first-order chi connectivity index (χ1) is 12.8. The van der Waals surface area contributed by atoms with E-state index in [1.807, 2.05) is 0 Å². The SMILES string of the molecule is O=C(NN1C(=O)/C(=C/c2cc(Cl)c(O)c(Cl)c2)SC1=S)c1ccc(Cl)cc1. The molecule has 2 amide bonds. The number of thiocarbonyl (C=S) groups is 1. The molecule has 0 unspecified atom stereocenters. The number of phenols is 1. The van der Waals surface area contributed by atoms with Crippen LogP contribution < -0.4 is 5.43 Å². The minimum absolute atomic E-state index is 0.0558. The first-order valence-corrected chi connectivity index (χ1v) is 9.64. The van der Waals surface area contributed by atoms with E-state index in [0.717, 1.165) is 16.8 Å². The van der Waals surface area contributed by atoms with Gasteiger partial charge in [0.1, 0.15) is 0 Å². The molecule has 0 spiro atoms. The van der Waals surface area contributed by atoms with Crippen molar-refractivity contribution in [2.24, 2.45) is 0 Å². The molecule has 138 valence electrons. The minimum Gasteiger partial charge on any atom is -0.505 e. The largest absolute Gasteiger partial charge is 0.505 e. The van der Waals surface area contributed by atoms with Crippen LogP contribution in [0.2, 0.25) is 15.1 Å². The van der Waals surface area contributed by atoms with E-state index in [1.165, 1.54) is 30.3 Å². The third-order valence-corrected chi connectivity index (χ3v) is 5.58. The number of hydrogen-bond acceptors (Lipinski definition) is 5. The van der Waals surface area contributed by atoms with Crippen molar-refractivity contribution in [2.45, 2.75) is 0 Å². The van der Waals surface area contributed by atoms with Gasteiger partial charge in [0.15, 0.2) is 10.1 Å². The maximum Gasteiger partial charge on any atom is 0.285 e. The third kappa shape index (κ3) is 4.39. The van der Waals surface area contributed by atoms with Crippen LogP contribution in [-0.2, 0) is 4.79 Å². The van der Waals surface area contributed by atoms with Gasteiger partial charge in [-0.15, -0.1) is 0 Å². The van der Waals surface area contributed by atoms with E-state index in [9.17, 15) is 14.7 Å². The second kappa shape index (κ2) is 8.08. The summed E-state index contributed by atoms with van der Waals surface area (Å²) in [5, 5.41) is 11.2. The molecular formula is C17H9Cl3N2O3S2. The first kappa shape index (κ1) is 20.0. The zero-order chi connectivity index (χ0) is 19.7. The Labute approximate surface area is 178 Å². The van der Waals surface area contributed by atoms with Gasteiger partial charge in [-0.05, 0) is 60.3 Å². The average Bonchev–Trinajstić information content (AvgIpc) is 2.87. The number of carbonyl (C=O) groups is 2. The van der Waals surface area contributed by atoms with Gasteiger partial charge in [0.25, 0.3) is 11.8 Å². The van der Waals surface area contributed by atoms with E-state index >= 15 is 0 Å². The summed E-state index contributed by atoms with van der Waals surface area (Å²) in [6, 6.07) is 9.12. The van der Waals surface area contributed by atoms with Crippen molar-refractivity contribution in [2.75, 3.05) is 0 Å². The van der Waals surface area contributed by atoms with Crippen LogP contribution in [0.3, 0.4) is 0 Å². The molecule has 1 saturated heterocycles. The van der Waals surface area contributed by atoms with Gasteiger partial charge >= 0.3 is 0 Å². The minimum atomic E-state index is -0.500. The lowest BCUT2D eigenvalue weighted by Gasteiger charge is -2.15. The van der Waals surface area contributed by atoms with E-state index in [-0.39, 0.29) is 25.0 Å². The van der Waals surface area contributed by atoms with Crippen LogP contribution in [-0.4, -0.2) is 26.3 Å². The molecule has 0 aliphatic carbocycles. The Kier molecular flexibility index (Phi) is 5.98. The smallest absolute Gasteiger partial charge is 0.285 e. The van der Waals surface area contributed by atoms with Gasteiger partial charge in [-0.1, -0.05) is 46.6 Å². The molecule has 2 aromatic carbocycles. The molecule has 5 nitrogen and oxygen atoms in total. The summed E-state index contributed by atoms with van der Waals surface area (Å²) >= 11 is 23.8. The second-order valence-electron chi connectivity index (χ2n) is 5.30. The fourth-order valence-corrected chi connectivity index (χ4v) is 3.96. The number of aromatic hydroxyl groups is 1. The lowest BCUT2D eigenvalue weighted by atomic mass is 10.2. The number of hydrazine groups is 1. The lowest BCUT2D eigenvalue weighted by molar-refractivity contribution is -0.123. The van der Waals surface area contributed by atoms with Crippen molar-refractivity contribution < 1.29 is 14.7 Å². The van der Waals surface area contributed by atoms with Crippen LogP contribution in [0.4, 0.5) is 0 Å². The molecule has 1 fully saturated rings. The van der Waals surface area contributed by atoms with Crippen molar-refractivity contribution in [3.63, 3.8) is 0 Å². The molecule has 2 N–H and O–H groups in total. The number of benzene rings is 2. The molecule has 1 aliphatic rings. The van der Waals surface area contributed by atoms with E-state index < -0.39 is 11.8 Å². The van der Waals surface area contributed by atoms with Crippen molar-refractivity contribution in [1.82, 2.24) is 10.4 Å². The van der Waals surface area contributed by atoms with E-state index in [4.69, 9.17) is 47.0 Å². The number of thioether (sulfide) groups is 1. The highest BCUT2D eigenvalue weighted by Gasteiger charge is 2.33. The van der Waals surface area contributed by atoms with Gasteiger partial charge in [0, 0.05) is 10.6 Å². The standard InChI is InChI=1S/C17H9Cl3N2O3S2/c18-10-3-1-9(2-4-10)15(24)21-22-16(25)13(27-17(22)26)7-8-5-11(19)14(23)12(20)6-8/h1-7,23H,(H,21,24)/b13-7-. The molecule has 0 bridgehead atoms. The summed E-state index contributed by atoms with van der Waals surface area (Å²) < 4.78 is 0.171. The van der Waals surface area contributed by atoms with E-state index in [2.05, 4.69) is 5.43 Å². The summed E-state index contributed by atoms with van der Waals surface area (Å²) in [6.07, 6.45) is 1.52. The molecule has 1 heterocycles. The zero-order valence-corrected chi connectivity index (χ0v) is 17.1. The number of phenolic OH excluding ortho intramolecular Hbond substituents is 1. The number of halogens is 3. The molecule has 0 aromatic heterocycles. The number of rotatable bonds is 3. The van der Waals surface area contributed by atoms with Crippen LogP contribution in [0.5, 0.6) is 5.75 Å². The van der Waals surface area contributed by atoms with Gasteiger partial charge in [-0.3, -0.25) is 15.0 Å². The van der Waals surface area contributed by atoms with Gasteiger partial charge in [0.2, 0.25) is 0 Å². The number of carbonyl (C=O) groups excluding carboxylic acids is 2. The first-order valence-electron chi connectivity index (χ1n) is 7.29. The van der Waals surface area contributed by atoms with Crippen LogP contribution in [0, 0.1) is 0 Å². The van der Waals surface area contributed by atoms with Crippen LogP contribution in [0.25, 0.3) is 6.08 Å². The van der Waals surface area contributed by atoms with Crippen LogP contribution >= 0.6 is 58.8 Å². The molecular weight excluding hydrogens is 451 g/mol. The Hall–Kier alpha value is -1.77. The summed E-state index contributed by atoms with van der Waals surface area (Å²) in [4.78, 5) is 25.1. The molecule has 27 heavy (non-hydrogen) atoms. The third-order valence-electron chi connectivity index (χ3n) is 3.45. The highest BCUT2D eigenvalue weighted by molar-refractivity contribution is 8.26. The highest BCUT2D eigenvalue weighted by atomic mass is 35.5. The monoisotopic (exact) mass is 458 g/mol. The molecule has 10 heteroatoms. The summed E-state index contributed by atoms with van der Waals surface area (Å²) in [5.41, 5.74) is 3.30.